The zero-order valence-corrected chi connectivity index (χ0v) is 15.9. The number of thioether (sulfide) groups is 1. The lowest BCUT2D eigenvalue weighted by molar-refractivity contribution is -0.120. The molecule has 1 amide bonds. The summed E-state index contributed by atoms with van der Waals surface area (Å²) in [6, 6.07) is 0. The van der Waals surface area contributed by atoms with Crippen LogP contribution in [0.5, 0.6) is 0 Å². The molecule has 0 bridgehead atoms. The molecule has 1 saturated heterocycles. The van der Waals surface area contributed by atoms with E-state index in [1.807, 2.05) is 0 Å². The highest BCUT2D eigenvalue weighted by Crippen LogP contribution is 2.28. The normalized spacial score (nSPS) is 17.6. The van der Waals surface area contributed by atoms with Gasteiger partial charge in [-0.25, -0.2) is 12.7 Å². The van der Waals surface area contributed by atoms with Gasteiger partial charge in [0.05, 0.1) is 6.26 Å². The summed E-state index contributed by atoms with van der Waals surface area (Å²) in [6.07, 6.45) is 2.27. The molecule has 2 rings (SSSR count). The van der Waals surface area contributed by atoms with E-state index in [0.29, 0.717) is 37.0 Å². The monoisotopic (exact) mass is 378 g/mol. The number of hydrogen-bond acceptors (Lipinski definition) is 7. The number of anilines is 1. The number of aromatic nitrogens is 2. The van der Waals surface area contributed by atoms with Gasteiger partial charge in [-0.2, -0.15) is 0 Å². The van der Waals surface area contributed by atoms with Gasteiger partial charge in [-0.15, -0.1) is 10.2 Å². The van der Waals surface area contributed by atoms with Crippen molar-refractivity contribution < 1.29 is 13.2 Å². The number of rotatable bonds is 6. The van der Waals surface area contributed by atoms with Crippen molar-refractivity contribution in [2.24, 2.45) is 11.8 Å². The number of sulfonamides is 1. The standard InChI is InChI=1S/C13H22N4O3S3/c1-9(2)8-21-13-16-15-12(22-13)14-11(18)10-4-6-17(7-5-10)23(3,19)20/h9-10H,4-8H2,1-3H3,(H,14,15,18). The Morgan fingerprint density at radius 2 is 2.04 bits per heavy atom. The molecule has 23 heavy (non-hydrogen) atoms. The van der Waals surface area contributed by atoms with Crippen molar-refractivity contribution in [3.8, 4) is 0 Å². The zero-order chi connectivity index (χ0) is 17.0. The van der Waals surface area contributed by atoms with Gasteiger partial charge in [-0.3, -0.25) is 4.79 Å². The van der Waals surface area contributed by atoms with Crippen LogP contribution in [0.25, 0.3) is 0 Å². The molecule has 1 N–H and O–H groups in total. The van der Waals surface area contributed by atoms with E-state index in [1.54, 1.807) is 11.8 Å². The largest absolute Gasteiger partial charge is 0.300 e. The van der Waals surface area contributed by atoms with Crippen LogP contribution in [0.1, 0.15) is 26.7 Å². The molecule has 1 fully saturated rings. The fourth-order valence-electron chi connectivity index (χ4n) is 2.21. The average Bonchev–Trinajstić information content (AvgIpc) is 2.92. The molecule has 0 aromatic carbocycles. The molecule has 1 aromatic rings. The van der Waals surface area contributed by atoms with Crippen LogP contribution in [0.3, 0.4) is 0 Å². The molecule has 2 heterocycles. The quantitative estimate of drug-likeness (QED) is 0.600. The van der Waals surface area contributed by atoms with Crippen LogP contribution < -0.4 is 5.32 Å². The van der Waals surface area contributed by atoms with Crippen LogP contribution in [-0.4, -0.2) is 53.9 Å². The van der Waals surface area contributed by atoms with Crippen LogP contribution in [0.4, 0.5) is 5.13 Å². The summed E-state index contributed by atoms with van der Waals surface area (Å²) >= 11 is 3.01. The number of carbonyl (C=O) groups is 1. The minimum absolute atomic E-state index is 0.102. The second-order valence-corrected chi connectivity index (χ2v) is 10.2. The van der Waals surface area contributed by atoms with Crippen LogP contribution in [0, 0.1) is 11.8 Å². The fraction of sp³-hybridized carbons (Fsp3) is 0.769. The van der Waals surface area contributed by atoms with Gasteiger partial charge in [0.25, 0.3) is 0 Å². The number of hydrogen-bond donors (Lipinski definition) is 1. The Bertz CT molecular complexity index is 637. The maximum Gasteiger partial charge on any atom is 0.229 e. The SMILES string of the molecule is CC(C)CSc1nnc(NC(=O)C2CCN(S(C)(=O)=O)CC2)s1. The van der Waals surface area contributed by atoms with E-state index in [0.717, 1.165) is 10.1 Å². The Kier molecular flexibility index (Phi) is 6.40. The van der Waals surface area contributed by atoms with Gasteiger partial charge in [0.15, 0.2) is 4.34 Å². The molecule has 0 saturated carbocycles. The molecule has 130 valence electrons. The molecule has 7 nitrogen and oxygen atoms in total. The summed E-state index contributed by atoms with van der Waals surface area (Å²) < 4.78 is 25.2. The number of piperidine rings is 1. The highest BCUT2D eigenvalue weighted by molar-refractivity contribution is 8.01. The first-order chi connectivity index (χ1) is 10.8. The summed E-state index contributed by atoms with van der Waals surface area (Å²) in [5.41, 5.74) is 0. The highest BCUT2D eigenvalue weighted by atomic mass is 32.2. The number of amides is 1. The van der Waals surface area contributed by atoms with Gasteiger partial charge in [0, 0.05) is 24.8 Å². The summed E-state index contributed by atoms with van der Waals surface area (Å²) in [6.45, 7) is 5.06. The molecule has 0 unspecified atom stereocenters. The van der Waals surface area contributed by atoms with Crippen molar-refractivity contribution in [2.45, 2.75) is 31.0 Å². The molecular formula is C13H22N4O3S3. The van der Waals surface area contributed by atoms with Gasteiger partial charge in [-0.1, -0.05) is 36.9 Å². The van der Waals surface area contributed by atoms with E-state index >= 15 is 0 Å². The molecule has 0 aliphatic carbocycles. The lowest BCUT2D eigenvalue weighted by atomic mass is 9.97. The second kappa shape index (κ2) is 7.91. The zero-order valence-electron chi connectivity index (χ0n) is 13.5. The molecular weight excluding hydrogens is 356 g/mol. The minimum Gasteiger partial charge on any atom is -0.300 e. The van der Waals surface area contributed by atoms with Crippen molar-refractivity contribution in [1.82, 2.24) is 14.5 Å². The highest BCUT2D eigenvalue weighted by Gasteiger charge is 2.29. The molecule has 1 aliphatic rings. The first-order valence-electron chi connectivity index (χ1n) is 7.48. The third-order valence-electron chi connectivity index (χ3n) is 3.47. The van der Waals surface area contributed by atoms with Gasteiger partial charge in [0.1, 0.15) is 0 Å². The Morgan fingerprint density at radius 1 is 1.39 bits per heavy atom. The van der Waals surface area contributed by atoms with E-state index < -0.39 is 10.0 Å². The maximum absolute atomic E-state index is 12.3. The number of carbonyl (C=O) groups excluding carboxylic acids is 1. The van der Waals surface area contributed by atoms with Crippen LogP contribution in [-0.2, 0) is 14.8 Å². The van der Waals surface area contributed by atoms with Crippen molar-refractivity contribution in [2.75, 3.05) is 30.4 Å². The molecule has 0 spiro atoms. The number of nitrogens with one attached hydrogen (secondary N) is 1. The average molecular weight is 379 g/mol. The topological polar surface area (TPSA) is 92.3 Å². The molecule has 0 atom stereocenters. The summed E-state index contributed by atoms with van der Waals surface area (Å²) in [7, 11) is -3.17. The van der Waals surface area contributed by atoms with Crippen molar-refractivity contribution >= 4 is 44.2 Å². The van der Waals surface area contributed by atoms with Gasteiger partial charge in [0.2, 0.25) is 21.1 Å². The third kappa shape index (κ3) is 5.70. The predicted molar refractivity (Wildman–Crippen MR) is 93.2 cm³/mol. The minimum atomic E-state index is -3.17. The predicted octanol–water partition coefficient (Wildman–Crippen LogP) is 1.90. The van der Waals surface area contributed by atoms with Crippen LogP contribution >= 0.6 is 23.1 Å². The Morgan fingerprint density at radius 3 is 2.61 bits per heavy atom. The Labute approximate surface area is 145 Å². The smallest absolute Gasteiger partial charge is 0.229 e. The van der Waals surface area contributed by atoms with Crippen LogP contribution in [0.2, 0.25) is 0 Å². The van der Waals surface area contributed by atoms with Crippen LogP contribution in [0.15, 0.2) is 4.34 Å². The lowest BCUT2D eigenvalue weighted by Crippen LogP contribution is -2.40. The fourth-order valence-corrected chi connectivity index (χ4v) is 4.82. The van der Waals surface area contributed by atoms with Gasteiger partial charge >= 0.3 is 0 Å². The van der Waals surface area contributed by atoms with E-state index in [1.165, 1.54) is 21.9 Å². The molecule has 0 radical (unpaired) electrons. The summed E-state index contributed by atoms with van der Waals surface area (Å²) in [5.74, 6) is 1.26. The first-order valence-corrected chi connectivity index (χ1v) is 11.1. The number of nitrogens with zero attached hydrogens (tertiary/aromatic N) is 3. The second-order valence-electron chi connectivity index (χ2n) is 6.00. The first kappa shape index (κ1) is 18.6. The molecule has 1 aliphatic heterocycles. The van der Waals surface area contributed by atoms with Gasteiger partial charge < -0.3 is 5.32 Å². The summed E-state index contributed by atoms with van der Waals surface area (Å²) in [5, 5.41) is 11.4. The van der Waals surface area contributed by atoms with Crippen molar-refractivity contribution in [3.05, 3.63) is 0 Å². The maximum atomic E-state index is 12.3. The Balaban J connectivity index is 1.83. The van der Waals surface area contributed by atoms with E-state index in [-0.39, 0.29) is 11.8 Å². The van der Waals surface area contributed by atoms with Crippen molar-refractivity contribution in [1.29, 1.82) is 0 Å². The Hall–Kier alpha value is -0.710. The van der Waals surface area contributed by atoms with E-state index in [9.17, 15) is 13.2 Å². The molecule has 1 aromatic heterocycles. The van der Waals surface area contributed by atoms with E-state index in [4.69, 9.17) is 0 Å². The van der Waals surface area contributed by atoms with Gasteiger partial charge in [-0.05, 0) is 18.8 Å². The lowest BCUT2D eigenvalue weighted by Gasteiger charge is -2.29. The molecule has 10 heteroatoms. The third-order valence-corrected chi connectivity index (χ3v) is 7.17. The van der Waals surface area contributed by atoms with E-state index in [2.05, 4.69) is 29.4 Å². The summed E-state index contributed by atoms with van der Waals surface area (Å²) in [4.78, 5) is 12.3. The van der Waals surface area contributed by atoms with Crippen molar-refractivity contribution in [3.63, 3.8) is 0 Å².